The van der Waals surface area contributed by atoms with Crippen molar-refractivity contribution in [2.24, 2.45) is 0 Å². The molecule has 35 heavy (non-hydrogen) atoms. The van der Waals surface area contributed by atoms with Crippen LogP contribution in [0.25, 0.3) is 21.7 Å². The summed E-state index contributed by atoms with van der Waals surface area (Å²) in [7, 11) is 1.83. The molecule has 5 rings (SSSR count). The Kier molecular flexibility index (Phi) is 6.70. The van der Waals surface area contributed by atoms with E-state index in [0.29, 0.717) is 49.9 Å². The van der Waals surface area contributed by atoms with Gasteiger partial charge < -0.3 is 14.5 Å². The topological polar surface area (TPSA) is 71.5 Å². The maximum Gasteiger partial charge on any atom is 0.255 e. The van der Waals surface area contributed by atoms with Crippen molar-refractivity contribution < 1.29 is 9.53 Å². The number of aromatic nitrogens is 3. The van der Waals surface area contributed by atoms with Crippen molar-refractivity contribution >= 4 is 33.3 Å². The van der Waals surface area contributed by atoms with Gasteiger partial charge in [-0.1, -0.05) is 24.1 Å². The summed E-state index contributed by atoms with van der Waals surface area (Å²) in [6.07, 6.45) is 7.97. The smallest absolute Gasteiger partial charge is 0.255 e. The number of fused-ring (bicyclic) bond motifs is 1. The molecule has 4 aromatic rings. The third-order valence-corrected chi connectivity index (χ3v) is 6.90. The third-order valence-electron chi connectivity index (χ3n) is 6.03. The SMILES string of the molecule is C#Cc1cccc(CCN(C)C(=O)c2csc3nc(-c4ccccn4)nc(N4CCOCC4)c23)c1. The molecule has 0 bridgehead atoms. The van der Waals surface area contributed by atoms with Gasteiger partial charge in [-0.25, -0.2) is 9.97 Å². The number of terminal acetylenes is 1. The van der Waals surface area contributed by atoms with Crippen LogP contribution < -0.4 is 4.90 Å². The molecule has 0 aliphatic carbocycles. The number of anilines is 1. The molecule has 3 aromatic heterocycles. The van der Waals surface area contributed by atoms with E-state index in [-0.39, 0.29) is 5.91 Å². The van der Waals surface area contributed by atoms with Gasteiger partial charge in [-0.2, -0.15) is 0 Å². The van der Waals surface area contributed by atoms with E-state index in [1.807, 2.05) is 54.9 Å². The molecule has 0 radical (unpaired) electrons. The number of ether oxygens (including phenoxy) is 1. The minimum absolute atomic E-state index is 0.0481. The van der Waals surface area contributed by atoms with Crippen molar-refractivity contribution in [3.63, 3.8) is 0 Å². The average molecular weight is 484 g/mol. The fourth-order valence-electron chi connectivity index (χ4n) is 4.12. The molecule has 8 heteroatoms. The van der Waals surface area contributed by atoms with Gasteiger partial charge in [0.2, 0.25) is 0 Å². The predicted molar refractivity (Wildman–Crippen MR) is 139 cm³/mol. The van der Waals surface area contributed by atoms with Gasteiger partial charge in [-0.05, 0) is 36.2 Å². The maximum absolute atomic E-state index is 13.5. The van der Waals surface area contributed by atoms with Gasteiger partial charge in [-0.3, -0.25) is 9.78 Å². The Morgan fingerprint density at radius 3 is 2.83 bits per heavy atom. The van der Waals surface area contributed by atoms with E-state index in [4.69, 9.17) is 21.1 Å². The highest BCUT2D eigenvalue weighted by Gasteiger charge is 2.25. The van der Waals surface area contributed by atoms with E-state index in [1.165, 1.54) is 11.3 Å². The maximum atomic E-state index is 13.5. The van der Waals surface area contributed by atoms with Crippen LogP contribution in [0, 0.1) is 12.3 Å². The van der Waals surface area contributed by atoms with Gasteiger partial charge >= 0.3 is 0 Å². The first-order valence-electron chi connectivity index (χ1n) is 11.5. The molecule has 0 spiro atoms. The van der Waals surface area contributed by atoms with Gasteiger partial charge in [0.1, 0.15) is 16.3 Å². The Morgan fingerprint density at radius 2 is 2.06 bits per heavy atom. The lowest BCUT2D eigenvalue weighted by Crippen LogP contribution is -2.37. The summed E-state index contributed by atoms with van der Waals surface area (Å²) in [5.41, 5.74) is 3.28. The summed E-state index contributed by atoms with van der Waals surface area (Å²) in [6.45, 7) is 3.23. The second kappa shape index (κ2) is 10.2. The Bertz CT molecular complexity index is 1390. The number of carbonyl (C=O) groups excluding carboxylic acids is 1. The number of hydrogen-bond donors (Lipinski definition) is 0. The van der Waals surface area contributed by atoms with E-state index in [0.717, 1.165) is 33.6 Å². The highest BCUT2D eigenvalue weighted by Crippen LogP contribution is 2.35. The lowest BCUT2D eigenvalue weighted by molar-refractivity contribution is 0.0799. The second-order valence-electron chi connectivity index (χ2n) is 8.34. The Morgan fingerprint density at radius 1 is 1.20 bits per heavy atom. The molecule has 1 aliphatic heterocycles. The van der Waals surface area contributed by atoms with Crippen LogP contribution >= 0.6 is 11.3 Å². The molecule has 1 amide bonds. The molecular weight excluding hydrogens is 458 g/mol. The zero-order valence-corrected chi connectivity index (χ0v) is 20.3. The minimum atomic E-state index is -0.0481. The molecule has 1 aliphatic rings. The van der Waals surface area contributed by atoms with Crippen LogP contribution in [0.5, 0.6) is 0 Å². The van der Waals surface area contributed by atoms with Gasteiger partial charge in [0.25, 0.3) is 5.91 Å². The van der Waals surface area contributed by atoms with E-state index in [9.17, 15) is 4.79 Å². The first-order valence-corrected chi connectivity index (χ1v) is 12.4. The molecule has 0 saturated carbocycles. The molecule has 0 N–H and O–H groups in total. The van der Waals surface area contributed by atoms with Gasteiger partial charge in [0.15, 0.2) is 5.82 Å². The zero-order valence-electron chi connectivity index (χ0n) is 19.5. The quantitative estimate of drug-likeness (QED) is 0.388. The monoisotopic (exact) mass is 483 g/mol. The largest absolute Gasteiger partial charge is 0.378 e. The molecule has 1 aromatic carbocycles. The highest BCUT2D eigenvalue weighted by molar-refractivity contribution is 7.17. The van der Waals surface area contributed by atoms with Crippen LogP contribution in [-0.4, -0.2) is 65.7 Å². The minimum Gasteiger partial charge on any atom is -0.378 e. The first-order chi connectivity index (χ1) is 17.1. The van der Waals surface area contributed by atoms with Crippen molar-refractivity contribution in [2.75, 3.05) is 44.8 Å². The number of morpholine rings is 1. The summed E-state index contributed by atoms with van der Waals surface area (Å²) in [4.78, 5) is 32.3. The van der Waals surface area contributed by atoms with Gasteiger partial charge in [-0.15, -0.1) is 17.8 Å². The number of hydrogen-bond acceptors (Lipinski definition) is 7. The summed E-state index contributed by atoms with van der Waals surface area (Å²) in [5, 5.41) is 2.69. The lowest BCUT2D eigenvalue weighted by atomic mass is 10.1. The average Bonchev–Trinajstić information content (AvgIpc) is 3.36. The van der Waals surface area contributed by atoms with E-state index in [1.54, 1.807) is 11.1 Å². The molecule has 4 heterocycles. The molecule has 0 unspecified atom stereocenters. The number of nitrogens with zero attached hydrogens (tertiary/aromatic N) is 5. The van der Waals surface area contributed by atoms with Crippen LogP contribution in [0.4, 0.5) is 5.82 Å². The van der Waals surface area contributed by atoms with Crippen LogP contribution in [0.1, 0.15) is 21.5 Å². The fraction of sp³-hybridized carbons (Fsp3) is 0.259. The highest BCUT2D eigenvalue weighted by atomic mass is 32.1. The zero-order chi connectivity index (χ0) is 24.2. The Hall–Kier alpha value is -3.80. The normalized spacial score (nSPS) is 13.5. The molecule has 176 valence electrons. The molecule has 1 fully saturated rings. The summed E-state index contributed by atoms with van der Waals surface area (Å²) in [5.74, 6) is 3.94. The van der Waals surface area contributed by atoms with Crippen LogP contribution in [0.15, 0.2) is 54.0 Å². The van der Waals surface area contributed by atoms with E-state index in [2.05, 4.69) is 15.8 Å². The summed E-state index contributed by atoms with van der Waals surface area (Å²) in [6, 6.07) is 13.6. The number of pyridine rings is 1. The molecule has 1 saturated heterocycles. The Labute approximate surface area is 208 Å². The van der Waals surface area contributed by atoms with Crippen LogP contribution in [-0.2, 0) is 11.2 Å². The molecular formula is C27H25N5O2S. The summed E-state index contributed by atoms with van der Waals surface area (Å²) < 4.78 is 5.55. The van der Waals surface area contributed by atoms with Crippen molar-refractivity contribution in [3.8, 4) is 23.9 Å². The first kappa shape index (κ1) is 23.0. The second-order valence-corrected chi connectivity index (χ2v) is 9.19. The molecule has 0 atom stereocenters. The number of benzene rings is 1. The summed E-state index contributed by atoms with van der Waals surface area (Å²) >= 11 is 1.46. The van der Waals surface area contributed by atoms with Crippen molar-refractivity contribution in [2.45, 2.75) is 6.42 Å². The van der Waals surface area contributed by atoms with Crippen molar-refractivity contribution in [1.29, 1.82) is 0 Å². The standard InChI is InChI=1S/C27H25N5O2S/c1-3-19-7-6-8-20(17-19)10-12-31(2)27(33)21-18-35-26-23(21)25(32-13-15-34-16-14-32)29-24(30-26)22-9-4-5-11-28-22/h1,4-9,11,17-18H,10,12-16H2,2H3. The number of likely N-dealkylation sites (N-methyl/N-ethyl adjacent to an activating group) is 1. The van der Waals surface area contributed by atoms with Crippen LogP contribution in [0.2, 0.25) is 0 Å². The van der Waals surface area contributed by atoms with Crippen molar-refractivity contribution in [3.05, 3.63) is 70.7 Å². The third kappa shape index (κ3) is 4.87. The Balaban J connectivity index is 1.47. The van der Waals surface area contributed by atoms with E-state index >= 15 is 0 Å². The van der Waals surface area contributed by atoms with E-state index < -0.39 is 0 Å². The number of amides is 1. The molecule has 7 nitrogen and oxygen atoms in total. The van der Waals surface area contributed by atoms with Gasteiger partial charge in [0.05, 0.1) is 24.2 Å². The van der Waals surface area contributed by atoms with Crippen molar-refractivity contribution in [1.82, 2.24) is 19.9 Å². The fourth-order valence-corrected chi connectivity index (χ4v) is 5.02. The lowest BCUT2D eigenvalue weighted by Gasteiger charge is -2.29. The number of rotatable bonds is 6. The number of thiophene rings is 1. The number of carbonyl (C=O) groups is 1. The van der Waals surface area contributed by atoms with Crippen LogP contribution in [0.3, 0.4) is 0 Å². The predicted octanol–water partition coefficient (Wildman–Crippen LogP) is 3.89. The van der Waals surface area contributed by atoms with Gasteiger partial charge in [0, 0.05) is 43.8 Å².